The Bertz CT molecular complexity index is 1160. The van der Waals surface area contributed by atoms with E-state index in [9.17, 15) is 4.79 Å². The number of thiocarbonyl (C=S) groups is 1. The number of anilines is 1. The molecular formula is C23H14BrClINO2S2. The minimum Gasteiger partial charge on any atom is -0.486 e. The van der Waals surface area contributed by atoms with E-state index in [1.54, 1.807) is 17.0 Å². The average molecular weight is 643 g/mol. The normalized spacial score (nSPS) is 15.1. The van der Waals surface area contributed by atoms with Crippen LogP contribution in [0.25, 0.3) is 6.08 Å². The summed E-state index contributed by atoms with van der Waals surface area (Å²) in [5.74, 6) is 0.418. The third kappa shape index (κ3) is 5.34. The number of rotatable bonds is 5. The zero-order valence-electron chi connectivity index (χ0n) is 15.8. The van der Waals surface area contributed by atoms with E-state index in [4.69, 9.17) is 28.6 Å². The maximum Gasteiger partial charge on any atom is 0.270 e. The van der Waals surface area contributed by atoms with Crippen molar-refractivity contribution in [1.82, 2.24) is 0 Å². The van der Waals surface area contributed by atoms with Gasteiger partial charge in [-0.3, -0.25) is 9.69 Å². The average Bonchev–Trinajstić information content (AvgIpc) is 3.02. The third-order valence-electron chi connectivity index (χ3n) is 4.42. The molecule has 1 amide bonds. The summed E-state index contributed by atoms with van der Waals surface area (Å²) in [5, 5.41) is 0.463. The van der Waals surface area contributed by atoms with Gasteiger partial charge in [0.1, 0.15) is 6.61 Å². The highest BCUT2D eigenvalue weighted by molar-refractivity contribution is 14.1. The van der Waals surface area contributed by atoms with Gasteiger partial charge in [-0.25, -0.2) is 0 Å². The number of para-hydroxylation sites is 1. The van der Waals surface area contributed by atoms with Gasteiger partial charge in [0.25, 0.3) is 5.91 Å². The summed E-state index contributed by atoms with van der Waals surface area (Å²) in [7, 11) is 0. The predicted octanol–water partition coefficient (Wildman–Crippen LogP) is 7.69. The van der Waals surface area contributed by atoms with Gasteiger partial charge in [-0.2, -0.15) is 0 Å². The fourth-order valence-corrected chi connectivity index (χ4v) is 5.60. The SMILES string of the molecule is O=C1/C(=C\c2cc(Cl)c(OCc3ccc(I)cc3)c(Br)c2)SC(=S)N1c1ccccc1. The molecule has 0 radical (unpaired) electrons. The van der Waals surface area contributed by atoms with Crippen LogP contribution in [0, 0.1) is 3.57 Å². The zero-order chi connectivity index (χ0) is 22.0. The lowest BCUT2D eigenvalue weighted by molar-refractivity contribution is -0.113. The molecule has 3 aromatic rings. The van der Waals surface area contributed by atoms with E-state index >= 15 is 0 Å². The highest BCUT2D eigenvalue weighted by Crippen LogP contribution is 2.39. The van der Waals surface area contributed by atoms with E-state index in [1.165, 1.54) is 15.3 Å². The van der Waals surface area contributed by atoms with Crippen LogP contribution in [0.2, 0.25) is 5.02 Å². The molecule has 3 aromatic carbocycles. The van der Waals surface area contributed by atoms with Crippen LogP contribution in [0.3, 0.4) is 0 Å². The Morgan fingerprint density at radius 2 is 1.84 bits per heavy atom. The molecule has 0 unspecified atom stereocenters. The molecule has 0 aliphatic carbocycles. The van der Waals surface area contributed by atoms with Gasteiger partial charge in [0.05, 0.1) is 20.1 Å². The van der Waals surface area contributed by atoms with Crippen molar-refractivity contribution in [1.29, 1.82) is 0 Å². The molecule has 4 rings (SSSR count). The summed E-state index contributed by atoms with van der Waals surface area (Å²) in [6, 6.07) is 21.1. The fraction of sp³-hybridized carbons (Fsp3) is 0.0435. The molecule has 31 heavy (non-hydrogen) atoms. The van der Waals surface area contributed by atoms with Gasteiger partial charge in [0, 0.05) is 3.57 Å². The van der Waals surface area contributed by atoms with Crippen molar-refractivity contribution >= 4 is 96.1 Å². The largest absolute Gasteiger partial charge is 0.486 e. The second-order valence-corrected chi connectivity index (χ2v) is 10.8. The van der Waals surface area contributed by atoms with Crippen LogP contribution in [-0.4, -0.2) is 10.2 Å². The highest BCUT2D eigenvalue weighted by atomic mass is 127. The minimum absolute atomic E-state index is 0.146. The predicted molar refractivity (Wildman–Crippen MR) is 145 cm³/mol. The van der Waals surface area contributed by atoms with Crippen molar-refractivity contribution in [2.75, 3.05) is 4.90 Å². The molecule has 1 heterocycles. The number of hydrogen-bond donors (Lipinski definition) is 0. The topological polar surface area (TPSA) is 29.5 Å². The van der Waals surface area contributed by atoms with Crippen LogP contribution in [0.1, 0.15) is 11.1 Å². The molecule has 1 fully saturated rings. The highest BCUT2D eigenvalue weighted by Gasteiger charge is 2.33. The van der Waals surface area contributed by atoms with Crippen LogP contribution < -0.4 is 9.64 Å². The van der Waals surface area contributed by atoms with Crippen LogP contribution in [0.4, 0.5) is 5.69 Å². The molecule has 1 saturated heterocycles. The number of thioether (sulfide) groups is 1. The van der Waals surface area contributed by atoms with Gasteiger partial charge in [-0.15, -0.1) is 0 Å². The Morgan fingerprint density at radius 1 is 1.13 bits per heavy atom. The van der Waals surface area contributed by atoms with Crippen molar-refractivity contribution in [3.8, 4) is 5.75 Å². The van der Waals surface area contributed by atoms with E-state index in [0.717, 1.165) is 21.3 Å². The number of nitrogens with zero attached hydrogens (tertiary/aromatic N) is 1. The Labute approximate surface area is 217 Å². The molecule has 1 aliphatic heterocycles. The molecule has 0 N–H and O–H groups in total. The molecule has 8 heteroatoms. The van der Waals surface area contributed by atoms with Gasteiger partial charge in [0.15, 0.2) is 10.1 Å². The quantitative estimate of drug-likeness (QED) is 0.162. The summed E-state index contributed by atoms with van der Waals surface area (Å²) in [6.07, 6.45) is 1.79. The second-order valence-electron chi connectivity index (χ2n) is 6.58. The van der Waals surface area contributed by atoms with Crippen LogP contribution in [0.15, 0.2) is 76.1 Å². The van der Waals surface area contributed by atoms with E-state index in [2.05, 4.69) is 38.5 Å². The first-order valence-electron chi connectivity index (χ1n) is 9.11. The van der Waals surface area contributed by atoms with Gasteiger partial charge in [0.2, 0.25) is 0 Å². The number of carbonyl (C=O) groups excluding carboxylic acids is 1. The molecular weight excluding hydrogens is 629 g/mol. The number of ether oxygens (including phenoxy) is 1. The maximum absolute atomic E-state index is 12.9. The van der Waals surface area contributed by atoms with Crippen molar-refractivity contribution < 1.29 is 9.53 Å². The minimum atomic E-state index is -0.146. The third-order valence-corrected chi connectivity index (χ3v) is 7.31. The summed E-state index contributed by atoms with van der Waals surface area (Å²) < 4.78 is 8.32. The summed E-state index contributed by atoms with van der Waals surface area (Å²) >= 11 is 19.0. The lowest BCUT2D eigenvalue weighted by atomic mass is 10.2. The molecule has 0 aromatic heterocycles. The lowest BCUT2D eigenvalue weighted by Gasteiger charge is -2.14. The van der Waals surface area contributed by atoms with Gasteiger partial charge in [-0.1, -0.05) is 65.9 Å². The number of carbonyl (C=O) groups is 1. The monoisotopic (exact) mass is 641 g/mol. The van der Waals surface area contributed by atoms with Crippen LogP contribution in [-0.2, 0) is 11.4 Å². The Kier molecular flexibility index (Phi) is 7.38. The van der Waals surface area contributed by atoms with Crippen LogP contribution in [0.5, 0.6) is 5.75 Å². The van der Waals surface area contributed by atoms with Gasteiger partial charge in [-0.05, 0) is 92.1 Å². The number of benzene rings is 3. The van der Waals surface area contributed by atoms with E-state index < -0.39 is 0 Å². The summed E-state index contributed by atoms with van der Waals surface area (Å²) in [4.78, 5) is 15.0. The number of halogens is 3. The number of hydrogen-bond acceptors (Lipinski definition) is 4. The van der Waals surface area contributed by atoms with E-state index in [-0.39, 0.29) is 5.91 Å². The summed E-state index contributed by atoms with van der Waals surface area (Å²) in [6.45, 7) is 0.407. The Morgan fingerprint density at radius 3 is 2.52 bits per heavy atom. The van der Waals surface area contributed by atoms with Crippen molar-refractivity contribution in [3.05, 3.63) is 95.8 Å². The van der Waals surface area contributed by atoms with Crippen LogP contribution >= 0.6 is 74.1 Å². The van der Waals surface area contributed by atoms with Crippen molar-refractivity contribution in [3.63, 3.8) is 0 Å². The standard InChI is InChI=1S/C23H14BrClINO2S2/c24-18-10-15(11-19(25)21(18)29-13-14-6-8-16(26)9-7-14)12-20-22(28)27(23(30)31-20)17-4-2-1-3-5-17/h1-12H,13H2/b20-12+. The zero-order valence-corrected chi connectivity index (χ0v) is 22.0. The first-order chi connectivity index (χ1) is 14.9. The molecule has 0 saturated carbocycles. The van der Waals surface area contributed by atoms with Crippen molar-refractivity contribution in [2.24, 2.45) is 0 Å². The lowest BCUT2D eigenvalue weighted by Crippen LogP contribution is -2.27. The number of amides is 1. The second kappa shape index (κ2) is 10.0. The molecule has 3 nitrogen and oxygen atoms in total. The molecule has 1 aliphatic rings. The smallest absolute Gasteiger partial charge is 0.270 e. The van der Waals surface area contributed by atoms with E-state index in [1.807, 2.05) is 60.7 Å². The Hall–Kier alpha value is -1.39. The molecule has 0 spiro atoms. The van der Waals surface area contributed by atoms with Gasteiger partial charge >= 0.3 is 0 Å². The maximum atomic E-state index is 12.9. The fourth-order valence-electron chi connectivity index (χ4n) is 2.96. The molecule has 156 valence electrons. The first kappa shape index (κ1) is 22.8. The van der Waals surface area contributed by atoms with Gasteiger partial charge < -0.3 is 4.74 Å². The molecule has 0 bridgehead atoms. The molecule has 0 atom stereocenters. The van der Waals surface area contributed by atoms with Crippen molar-refractivity contribution in [2.45, 2.75) is 6.61 Å². The Balaban J connectivity index is 1.54. The summed E-state index contributed by atoms with van der Waals surface area (Å²) in [5.41, 5.74) is 2.59. The first-order valence-corrected chi connectivity index (χ1v) is 12.6. The van der Waals surface area contributed by atoms with E-state index in [0.29, 0.717) is 26.6 Å².